The van der Waals surface area contributed by atoms with Crippen molar-refractivity contribution in [3.05, 3.63) is 0 Å². The van der Waals surface area contributed by atoms with Crippen LogP contribution in [0.5, 0.6) is 0 Å². The highest BCUT2D eigenvalue weighted by Gasteiger charge is 2.55. The van der Waals surface area contributed by atoms with Crippen LogP contribution >= 0.6 is 0 Å². The van der Waals surface area contributed by atoms with Crippen LogP contribution in [0.15, 0.2) is 0 Å². The summed E-state index contributed by atoms with van der Waals surface area (Å²) in [5.74, 6) is 0. The first kappa shape index (κ1) is 40.8. The van der Waals surface area contributed by atoms with E-state index in [9.17, 15) is 35.4 Å². The van der Waals surface area contributed by atoms with Crippen molar-refractivity contribution in [2.75, 3.05) is 33.4 Å². The van der Waals surface area contributed by atoms with Gasteiger partial charge in [-0.1, -0.05) is 0 Å². The van der Waals surface area contributed by atoms with E-state index in [-0.39, 0.29) is 32.5 Å². The Morgan fingerprint density at radius 3 is 2.08 bits per heavy atom. The number of amides is 1. The van der Waals surface area contributed by atoms with Crippen LogP contribution in [0.1, 0.15) is 12.8 Å². The highest BCUT2D eigenvalue weighted by molar-refractivity contribution is 5.45. The van der Waals surface area contributed by atoms with Crippen molar-refractivity contribution in [1.82, 2.24) is 10.6 Å². The molecule has 3 unspecified atom stereocenters. The Balaban J connectivity index is 1.27. The molecule has 0 bridgehead atoms. The Labute approximate surface area is 294 Å². The lowest BCUT2D eigenvalue weighted by molar-refractivity contribution is -0.374. The van der Waals surface area contributed by atoms with Crippen molar-refractivity contribution in [1.29, 1.82) is 0 Å². The minimum absolute atomic E-state index is 0.00732. The van der Waals surface area contributed by atoms with Gasteiger partial charge >= 0.3 is 0 Å². The van der Waals surface area contributed by atoms with Crippen LogP contribution in [0.3, 0.4) is 0 Å². The van der Waals surface area contributed by atoms with Crippen molar-refractivity contribution in [2.45, 2.75) is 141 Å². The van der Waals surface area contributed by atoms with Crippen molar-refractivity contribution in [2.24, 2.45) is 28.7 Å². The topological polar surface area (TPSA) is 366 Å². The van der Waals surface area contributed by atoms with Crippen LogP contribution in [-0.2, 0) is 42.7 Å². The molecule has 5 fully saturated rings. The second-order valence-electron chi connectivity index (χ2n) is 13.6. The van der Waals surface area contributed by atoms with Gasteiger partial charge in [-0.25, -0.2) is 0 Å². The number of likely N-dealkylation sites (N-methyl/N-ethyl adjacent to an activating group) is 1. The van der Waals surface area contributed by atoms with Crippen LogP contribution in [0, 0.1) is 0 Å². The van der Waals surface area contributed by atoms with Gasteiger partial charge < -0.3 is 108 Å². The summed E-state index contributed by atoms with van der Waals surface area (Å²) in [6.45, 7) is -0.290. The normalized spacial score (nSPS) is 50.5. The highest BCUT2D eigenvalue weighted by atomic mass is 16.8. The third kappa shape index (κ3) is 8.66. The summed E-state index contributed by atoms with van der Waals surface area (Å²) in [5.41, 5.74) is 30.6. The van der Waals surface area contributed by atoms with Gasteiger partial charge in [0.05, 0.1) is 43.5 Å². The summed E-state index contributed by atoms with van der Waals surface area (Å²) in [6, 6.07) is -4.53. The number of aliphatic hydroxyl groups excluding tert-OH is 6. The van der Waals surface area contributed by atoms with Gasteiger partial charge in [0.2, 0.25) is 6.41 Å². The standard InChI is InChI=1S/C29H55N7O15/c1-35-16-19(41)24-12(45-27(16)51-28-20(42)18(40)15(34)14(7-37)47-28)5-11(33)26(49-24)48-22-10(32)4-9(31)17(39)25(22)50-29-21(43)23(44-3-2-30)13(46-29)6-36-8-38/h8-29,35,37,39-43H,2-7,30-34H2,1H3,(H,36,38)/t9-,10+,11-,12?,13-,14-,15-,16+,17+,18+,19-,20-,21-,22-,23-,24?,25-,26+,27-,28-,29?/m1/s1. The monoisotopic (exact) mass is 741 g/mol. The lowest BCUT2D eigenvalue weighted by Crippen LogP contribution is -2.70. The van der Waals surface area contributed by atoms with E-state index in [1.165, 1.54) is 7.05 Å². The molecule has 0 radical (unpaired) electrons. The van der Waals surface area contributed by atoms with Crippen LogP contribution in [0.25, 0.3) is 0 Å². The predicted octanol–water partition coefficient (Wildman–Crippen LogP) is -8.75. The van der Waals surface area contributed by atoms with E-state index in [1.807, 2.05) is 0 Å². The molecular weight excluding hydrogens is 686 g/mol. The summed E-state index contributed by atoms with van der Waals surface area (Å²) < 4.78 is 47.7. The molecule has 0 aromatic heterocycles. The summed E-state index contributed by atoms with van der Waals surface area (Å²) in [6.07, 6.45) is -18.6. The molecule has 22 nitrogen and oxygen atoms in total. The first-order valence-electron chi connectivity index (χ1n) is 17.1. The maximum absolute atomic E-state index is 11.5. The fraction of sp³-hybridized carbons (Fsp3) is 0.966. The Hall–Kier alpha value is -1.33. The van der Waals surface area contributed by atoms with Crippen molar-refractivity contribution < 1.29 is 73.3 Å². The molecule has 1 amide bonds. The molecule has 0 spiro atoms. The third-order valence-corrected chi connectivity index (χ3v) is 10.1. The minimum Gasteiger partial charge on any atom is -0.394 e. The van der Waals surface area contributed by atoms with Crippen LogP contribution in [0.4, 0.5) is 0 Å². The Bertz CT molecular complexity index is 1110. The summed E-state index contributed by atoms with van der Waals surface area (Å²) >= 11 is 0. The molecule has 0 aromatic rings. The van der Waals surface area contributed by atoms with Gasteiger partial charge in [-0.2, -0.15) is 0 Å². The largest absolute Gasteiger partial charge is 0.394 e. The van der Waals surface area contributed by atoms with Crippen LogP contribution < -0.4 is 39.3 Å². The van der Waals surface area contributed by atoms with Crippen molar-refractivity contribution >= 4 is 6.41 Å². The number of nitrogens with two attached hydrogens (primary N) is 5. The molecule has 4 aliphatic heterocycles. The van der Waals surface area contributed by atoms with Gasteiger partial charge in [-0.05, 0) is 19.9 Å². The molecule has 1 aliphatic carbocycles. The molecular formula is C29H55N7O15. The quantitative estimate of drug-likeness (QED) is 0.0735. The zero-order valence-electron chi connectivity index (χ0n) is 28.2. The van der Waals surface area contributed by atoms with Gasteiger partial charge in [0.15, 0.2) is 25.2 Å². The maximum Gasteiger partial charge on any atom is 0.207 e. The molecule has 4 heterocycles. The molecule has 4 saturated heterocycles. The highest BCUT2D eigenvalue weighted by Crippen LogP contribution is 2.37. The number of fused-ring (bicyclic) bond motifs is 1. The van der Waals surface area contributed by atoms with Gasteiger partial charge in [0.1, 0.15) is 61.0 Å². The third-order valence-electron chi connectivity index (χ3n) is 10.1. The smallest absolute Gasteiger partial charge is 0.207 e. The Morgan fingerprint density at radius 1 is 0.725 bits per heavy atom. The molecule has 18 N–H and O–H groups in total. The van der Waals surface area contributed by atoms with Crippen LogP contribution in [-0.4, -0.2) is 199 Å². The number of ether oxygens (including phenoxy) is 8. The fourth-order valence-corrected chi connectivity index (χ4v) is 7.30. The summed E-state index contributed by atoms with van der Waals surface area (Å²) in [4.78, 5) is 10.9. The minimum atomic E-state index is -1.58. The van der Waals surface area contributed by atoms with E-state index in [0.29, 0.717) is 6.41 Å². The first-order chi connectivity index (χ1) is 24.3. The molecule has 21 atom stereocenters. The van der Waals surface area contributed by atoms with E-state index in [0.717, 1.165) is 0 Å². The maximum atomic E-state index is 11.5. The molecule has 51 heavy (non-hydrogen) atoms. The number of nitrogens with one attached hydrogen (secondary N) is 2. The molecule has 1 saturated carbocycles. The van der Waals surface area contributed by atoms with E-state index in [2.05, 4.69) is 10.6 Å². The van der Waals surface area contributed by atoms with Crippen molar-refractivity contribution in [3.8, 4) is 0 Å². The van der Waals surface area contributed by atoms with E-state index >= 15 is 0 Å². The number of aliphatic hydroxyl groups is 6. The van der Waals surface area contributed by atoms with Gasteiger partial charge in [0.25, 0.3) is 0 Å². The van der Waals surface area contributed by atoms with Gasteiger partial charge in [0, 0.05) is 25.2 Å². The molecule has 22 heteroatoms. The number of carbonyl (C=O) groups excluding carboxylic acids is 1. The predicted molar refractivity (Wildman–Crippen MR) is 169 cm³/mol. The lowest BCUT2D eigenvalue weighted by atomic mass is 9.84. The molecule has 5 aliphatic rings. The zero-order chi connectivity index (χ0) is 37.1. The van der Waals surface area contributed by atoms with E-state index in [1.54, 1.807) is 0 Å². The van der Waals surface area contributed by atoms with Gasteiger partial charge in [-0.3, -0.25) is 4.79 Å². The number of rotatable bonds is 14. The SMILES string of the molecule is CN[C@@H]1[C@@H](O[C@H]2O[C@H](CO)[C@@H](N)[C@H](O)[C@H]2O)OC2C[C@@H](N)[C@@H](O[C@H]3[C@H](OC4O[C@H](CNC=O)[C@@H](OCCN)[C@H]4O)[C@@H](O)[C@H](N)C[C@@H]3N)OC2[C@@H]1O. The average molecular weight is 742 g/mol. The summed E-state index contributed by atoms with van der Waals surface area (Å²) in [5, 5.41) is 69.6. The lowest BCUT2D eigenvalue weighted by Gasteiger charge is -2.51. The van der Waals surface area contributed by atoms with E-state index < -0.39 is 135 Å². The molecule has 0 aromatic carbocycles. The Morgan fingerprint density at radius 2 is 1.41 bits per heavy atom. The Kier molecular flexibility index (Phi) is 14.3. The number of hydrogen-bond donors (Lipinski definition) is 13. The average Bonchev–Trinajstić information content (AvgIpc) is 3.40. The van der Waals surface area contributed by atoms with Crippen LogP contribution in [0.2, 0.25) is 0 Å². The summed E-state index contributed by atoms with van der Waals surface area (Å²) in [7, 11) is 1.54. The zero-order valence-corrected chi connectivity index (χ0v) is 28.2. The van der Waals surface area contributed by atoms with Crippen molar-refractivity contribution in [3.63, 3.8) is 0 Å². The number of hydrogen-bond acceptors (Lipinski definition) is 21. The second-order valence-corrected chi connectivity index (χ2v) is 13.6. The molecule has 296 valence electrons. The van der Waals surface area contributed by atoms with Gasteiger partial charge in [-0.15, -0.1) is 0 Å². The van der Waals surface area contributed by atoms with E-state index in [4.69, 9.17) is 66.6 Å². The fourth-order valence-electron chi connectivity index (χ4n) is 7.30. The second kappa shape index (κ2) is 17.9. The first-order valence-corrected chi connectivity index (χ1v) is 17.1. The molecule has 5 rings (SSSR count). The number of carbonyl (C=O) groups is 1.